The van der Waals surface area contributed by atoms with Crippen LogP contribution in [0.1, 0.15) is 46.3 Å². The Kier molecular flexibility index (Phi) is 11.0. The Labute approximate surface area is 288 Å². The van der Waals surface area contributed by atoms with Gasteiger partial charge in [-0.05, 0) is 54.7 Å². The summed E-state index contributed by atoms with van der Waals surface area (Å²) in [6.45, 7) is 4.44. The largest absolute Gasteiger partial charge is 0.496 e. The van der Waals surface area contributed by atoms with Crippen molar-refractivity contribution in [3.8, 4) is 34.1 Å². The SMILES string of the molecule is COc1cc(OCCc2ccc(C)cc2)cc(OC)c1CNC1CC2COc3cccc(c3)-c3ccccc3C(=O)NCCCC(=O)N2C1. The lowest BCUT2D eigenvalue weighted by Gasteiger charge is -2.25. The Morgan fingerprint density at radius 2 is 1.67 bits per heavy atom. The molecule has 49 heavy (non-hydrogen) atoms. The number of ether oxygens (including phenoxy) is 4. The van der Waals surface area contributed by atoms with Gasteiger partial charge in [-0.25, -0.2) is 0 Å². The Bertz CT molecular complexity index is 1730. The summed E-state index contributed by atoms with van der Waals surface area (Å²) < 4.78 is 24.0. The summed E-state index contributed by atoms with van der Waals surface area (Å²) in [5.41, 5.74) is 5.69. The van der Waals surface area contributed by atoms with E-state index in [0.29, 0.717) is 74.3 Å². The number of carbonyl (C=O) groups excluding carboxylic acids is 2. The Morgan fingerprint density at radius 1 is 0.918 bits per heavy atom. The molecule has 2 N–H and O–H groups in total. The predicted octanol–water partition coefficient (Wildman–Crippen LogP) is 5.96. The van der Waals surface area contributed by atoms with Gasteiger partial charge in [0.2, 0.25) is 5.91 Å². The number of benzene rings is 4. The number of hydrogen-bond acceptors (Lipinski definition) is 7. The second-order valence-corrected chi connectivity index (χ2v) is 12.6. The van der Waals surface area contributed by atoms with Gasteiger partial charge in [-0.3, -0.25) is 9.59 Å². The molecule has 9 heteroatoms. The van der Waals surface area contributed by atoms with Gasteiger partial charge in [0.15, 0.2) is 0 Å². The number of amides is 2. The molecule has 0 aromatic heterocycles. The van der Waals surface area contributed by atoms with Crippen molar-refractivity contribution in [3.63, 3.8) is 0 Å². The molecule has 4 aromatic rings. The van der Waals surface area contributed by atoms with Gasteiger partial charge in [0.25, 0.3) is 5.91 Å². The summed E-state index contributed by atoms with van der Waals surface area (Å²) in [6, 6.07) is 27.5. The molecule has 1 saturated heterocycles. The minimum Gasteiger partial charge on any atom is -0.496 e. The van der Waals surface area contributed by atoms with E-state index < -0.39 is 0 Å². The van der Waals surface area contributed by atoms with Crippen LogP contribution in [-0.2, 0) is 17.8 Å². The predicted molar refractivity (Wildman–Crippen MR) is 190 cm³/mol. The maximum atomic E-state index is 13.5. The van der Waals surface area contributed by atoms with E-state index in [4.69, 9.17) is 18.9 Å². The molecule has 4 aromatic carbocycles. The number of aryl methyl sites for hydroxylation is 1. The fourth-order valence-corrected chi connectivity index (χ4v) is 6.59. The van der Waals surface area contributed by atoms with Crippen LogP contribution in [0.2, 0.25) is 0 Å². The maximum absolute atomic E-state index is 13.5. The molecule has 2 atom stereocenters. The molecule has 9 nitrogen and oxygen atoms in total. The molecule has 256 valence electrons. The van der Waals surface area contributed by atoms with Crippen LogP contribution in [0.5, 0.6) is 23.0 Å². The minimum atomic E-state index is -0.153. The molecule has 2 unspecified atom stereocenters. The van der Waals surface area contributed by atoms with E-state index >= 15 is 0 Å². The zero-order valence-electron chi connectivity index (χ0n) is 28.5. The number of methoxy groups -OCH3 is 2. The monoisotopic (exact) mass is 663 g/mol. The van der Waals surface area contributed by atoms with Crippen molar-refractivity contribution in [2.75, 3.05) is 40.5 Å². The van der Waals surface area contributed by atoms with Crippen LogP contribution >= 0.6 is 0 Å². The average molecular weight is 664 g/mol. The molecule has 6 rings (SSSR count). The lowest BCUT2D eigenvalue weighted by molar-refractivity contribution is -0.132. The third kappa shape index (κ3) is 8.35. The first kappa shape index (κ1) is 33.9. The van der Waals surface area contributed by atoms with Crippen LogP contribution in [0.3, 0.4) is 0 Å². The first-order chi connectivity index (χ1) is 23.9. The molecule has 2 amide bonds. The van der Waals surface area contributed by atoms with E-state index in [1.54, 1.807) is 14.2 Å². The highest BCUT2D eigenvalue weighted by Crippen LogP contribution is 2.35. The van der Waals surface area contributed by atoms with Crippen molar-refractivity contribution in [3.05, 3.63) is 107 Å². The minimum absolute atomic E-state index is 0.0363. The molecule has 2 heterocycles. The number of rotatable bonds is 9. The van der Waals surface area contributed by atoms with Crippen molar-refractivity contribution in [2.24, 2.45) is 0 Å². The summed E-state index contributed by atoms with van der Waals surface area (Å²) in [5.74, 6) is 2.63. The van der Waals surface area contributed by atoms with Gasteiger partial charge in [-0.2, -0.15) is 0 Å². The quantitative estimate of drug-likeness (QED) is 0.228. The molecular formula is C40H45N3O6. The van der Waals surface area contributed by atoms with Crippen LogP contribution in [0, 0.1) is 6.92 Å². The van der Waals surface area contributed by atoms with Crippen molar-refractivity contribution < 1.29 is 28.5 Å². The van der Waals surface area contributed by atoms with Gasteiger partial charge >= 0.3 is 0 Å². The highest BCUT2D eigenvalue weighted by molar-refractivity contribution is 6.01. The fourth-order valence-electron chi connectivity index (χ4n) is 6.59. The van der Waals surface area contributed by atoms with Crippen LogP contribution < -0.4 is 29.6 Å². The molecule has 2 aliphatic heterocycles. The lowest BCUT2D eigenvalue weighted by Crippen LogP contribution is -2.40. The van der Waals surface area contributed by atoms with E-state index in [9.17, 15) is 9.59 Å². The van der Waals surface area contributed by atoms with E-state index in [0.717, 1.165) is 29.5 Å². The first-order valence-electron chi connectivity index (χ1n) is 17.0. The fraction of sp³-hybridized carbons (Fsp3) is 0.350. The zero-order valence-corrected chi connectivity index (χ0v) is 28.5. The van der Waals surface area contributed by atoms with Crippen molar-refractivity contribution in [1.29, 1.82) is 0 Å². The van der Waals surface area contributed by atoms with Gasteiger partial charge in [0.05, 0.1) is 32.4 Å². The Morgan fingerprint density at radius 3 is 2.43 bits per heavy atom. The molecule has 0 saturated carbocycles. The number of fused-ring (bicyclic) bond motifs is 5. The van der Waals surface area contributed by atoms with E-state index in [1.165, 1.54) is 11.1 Å². The van der Waals surface area contributed by atoms with Crippen LogP contribution in [-0.4, -0.2) is 69.3 Å². The van der Waals surface area contributed by atoms with Gasteiger partial charge in [-0.1, -0.05) is 60.2 Å². The second-order valence-electron chi connectivity index (χ2n) is 12.6. The highest BCUT2D eigenvalue weighted by atomic mass is 16.5. The molecule has 0 radical (unpaired) electrons. The summed E-state index contributed by atoms with van der Waals surface area (Å²) >= 11 is 0. The number of hydrogen-bond donors (Lipinski definition) is 2. The molecule has 2 aliphatic rings. The van der Waals surface area contributed by atoms with Gasteiger partial charge < -0.3 is 34.5 Å². The number of nitrogens with zero attached hydrogens (tertiary/aromatic N) is 1. The summed E-state index contributed by atoms with van der Waals surface area (Å²) in [7, 11) is 3.29. The van der Waals surface area contributed by atoms with E-state index in [2.05, 4.69) is 41.8 Å². The highest BCUT2D eigenvalue weighted by Gasteiger charge is 2.35. The molecule has 2 bridgehead atoms. The summed E-state index contributed by atoms with van der Waals surface area (Å²) in [6.07, 6.45) is 2.42. The van der Waals surface area contributed by atoms with Crippen LogP contribution in [0.15, 0.2) is 84.9 Å². The van der Waals surface area contributed by atoms with Crippen LogP contribution in [0.4, 0.5) is 0 Å². The van der Waals surface area contributed by atoms with Crippen molar-refractivity contribution in [1.82, 2.24) is 15.5 Å². The van der Waals surface area contributed by atoms with Gasteiger partial charge in [-0.15, -0.1) is 0 Å². The van der Waals surface area contributed by atoms with Crippen molar-refractivity contribution in [2.45, 2.75) is 51.2 Å². The van der Waals surface area contributed by atoms with Crippen molar-refractivity contribution >= 4 is 11.8 Å². The summed E-state index contributed by atoms with van der Waals surface area (Å²) in [4.78, 5) is 28.5. The molecule has 1 fully saturated rings. The first-order valence-corrected chi connectivity index (χ1v) is 17.0. The third-order valence-corrected chi connectivity index (χ3v) is 9.28. The average Bonchev–Trinajstić information content (AvgIpc) is 3.55. The Balaban J connectivity index is 1.13. The lowest BCUT2D eigenvalue weighted by atomic mass is 9.99. The third-order valence-electron chi connectivity index (χ3n) is 9.28. The smallest absolute Gasteiger partial charge is 0.251 e. The van der Waals surface area contributed by atoms with E-state index in [-0.39, 0.29) is 23.9 Å². The van der Waals surface area contributed by atoms with Gasteiger partial charge in [0.1, 0.15) is 29.6 Å². The second kappa shape index (κ2) is 15.9. The topological polar surface area (TPSA) is 98.4 Å². The standard InChI is InChI=1S/C40H45N3O6/c1-27-13-15-28(16-14-27)17-19-48-33-22-37(46-2)36(38(23-33)47-3)24-42-30-21-31-26-49-32-9-6-8-29(20-32)34-10-4-5-11-35(34)40(45)41-18-7-12-39(44)43(31)25-30/h4-6,8-11,13-16,20,22-23,30-31,42H,7,12,17-19,21,24-26H2,1-3H3,(H,41,45). The number of carbonyl (C=O) groups is 2. The Hall–Kier alpha value is -5.02. The van der Waals surface area contributed by atoms with Gasteiger partial charge in [0, 0.05) is 56.2 Å². The molecule has 0 spiro atoms. The zero-order chi connectivity index (χ0) is 34.2. The normalized spacial score (nSPS) is 17.9. The number of nitrogens with one attached hydrogen (secondary N) is 2. The molecule has 0 aliphatic carbocycles. The molecular weight excluding hydrogens is 618 g/mol. The summed E-state index contributed by atoms with van der Waals surface area (Å²) in [5, 5.41) is 6.66. The van der Waals surface area contributed by atoms with E-state index in [1.807, 2.05) is 65.6 Å². The van der Waals surface area contributed by atoms with Crippen LogP contribution in [0.25, 0.3) is 11.1 Å². The maximum Gasteiger partial charge on any atom is 0.251 e.